The molecule has 3 amide bonds. The number of hydrogen-bond acceptors (Lipinski definition) is 4. The topological polar surface area (TPSA) is 96.6 Å². The Balaban J connectivity index is 2.41. The zero-order valence-electron chi connectivity index (χ0n) is 9.11. The average Bonchev–Trinajstić information content (AvgIpc) is 2.32. The second-order valence-electron chi connectivity index (χ2n) is 3.50. The van der Waals surface area contributed by atoms with E-state index in [0.29, 0.717) is 0 Å². The van der Waals surface area contributed by atoms with E-state index in [2.05, 4.69) is 31.7 Å². The molecule has 1 aromatic carbocycles. The number of carbonyl (C=O) groups excluding carboxylic acids is 2. The third kappa shape index (κ3) is 2.57. The van der Waals surface area contributed by atoms with Crippen LogP contribution in [-0.2, 0) is 4.79 Å². The van der Waals surface area contributed by atoms with Gasteiger partial charge in [0.25, 0.3) is 5.91 Å². The van der Waals surface area contributed by atoms with Crippen molar-refractivity contribution in [1.29, 1.82) is 0 Å². The van der Waals surface area contributed by atoms with Crippen molar-refractivity contribution in [2.75, 3.05) is 0 Å². The summed E-state index contributed by atoms with van der Waals surface area (Å²) >= 11 is 3.33. The van der Waals surface area contributed by atoms with E-state index in [-0.39, 0.29) is 11.4 Å². The lowest BCUT2D eigenvalue weighted by Gasteiger charge is -2.17. The normalized spacial score (nSPS) is 19.8. The Labute approximate surface area is 111 Å². The molecule has 0 spiro atoms. The van der Waals surface area contributed by atoms with Gasteiger partial charge in [-0.2, -0.15) is 5.10 Å². The van der Waals surface area contributed by atoms with Gasteiger partial charge in [-0.3, -0.25) is 15.4 Å². The summed E-state index contributed by atoms with van der Waals surface area (Å²) in [5.74, 6) is 4.65. The Morgan fingerprint density at radius 2 is 2.06 bits per heavy atom. The molecule has 92 valence electrons. The van der Waals surface area contributed by atoms with Crippen LogP contribution >= 0.6 is 15.9 Å². The molecule has 1 heterocycles. The van der Waals surface area contributed by atoms with Crippen LogP contribution in [0.3, 0.4) is 0 Å². The Hall–Kier alpha value is -2.15. The quantitative estimate of drug-likeness (QED) is 0.409. The number of nitrogens with zero attached hydrogens (tertiary/aromatic N) is 1. The van der Waals surface area contributed by atoms with Crippen LogP contribution in [-0.4, -0.2) is 17.8 Å². The molecule has 7 heteroatoms. The Kier molecular flexibility index (Phi) is 3.42. The van der Waals surface area contributed by atoms with Crippen molar-refractivity contribution in [3.05, 3.63) is 39.9 Å². The van der Waals surface area contributed by atoms with E-state index in [1.54, 1.807) is 6.08 Å². The first-order valence-electron chi connectivity index (χ1n) is 4.98. The van der Waals surface area contributed by atoms with Gasteiger partial charge in [0.1, 0.15) is 0 Å². The number of carbonyl (C=O) groups is 2. The van der Waals surface area contributed by atoms with Gasteiger partial charge in [0.2, 0.25) is 0 Å². The number of hydrazone groups is 1. The van der Waals surface area contributed by atoms with Crippen molar-refractivity contribution in [1.82, 2.24) is 10.6 Å². The van der Waals surface area contributed by atoms with E-state index < -0.39 is 11.9 Å². The second kappa shape index (κ2) is 5.01. The number of imide groups is 1. The molecule has 6 nitrogen and oxygen atoms in total. The fourth-order valence-electron chi connectivity index (χ4n) is 1.48. The van der Waals surface area contributed by atoms with E-state index in [0.717, 1.165) is 10.0 Å². The number of nitrogens with one attached hydrogen (secondary N) is 2. The van der Waals surface area contributed by atoms with Crippen LogP contribution in [0.2, 0.25) is 0 Å². The van der Waals surface area contributed by atoms with E-state index in [1.165, 1.54) is 0 Å². The van der Waals surface area contributed by atoms with Crippen LogP contribution in [0.1, 0.15) is 5.56 Å². The molecule has 18 heavy (non-hydrogen) atoms. The minimum Gasteiger partial charge on any atom is -0.321 e. The molecule has 1 saturated heterocycles. The Morgan fingerprint density at radius 3 is 2.72 bits per heavy atom. The third-order valence-electron chi connectivity index (χ3n) is 2.25. The number of amidine groups is 1. The summed E-state index contributed by atoms with van der Waals surface area (Å²) in [4.78, 5) is 22.8. The van der Waals surface area contributed by atoms with Gasteiger partial charge < -0.3 is 5.84 Å². The van der Waals surface area contributed by atoms with Crippen LogP contribution in [0, 0.1) is 0 Å². The summed E-state index contributed by atoms with van der Waals surface area (Å²) in [6, 6.07) is 6.69. The van der Waals surface area contributed by atoms with E-state index >= 15 is 0 Å². The van der Waals surface area contributed by atoms with Crippen LogP contribution in [0.5, 0.6) is 0 Å². The average molecular weight is 309 g/mol. The molecular weight excluding hydrogens is 300 g/mol. The zero-order valence-corrected chi connectivity index (χ0v) is 10.7. The number of benzene rings is 1. The molecule has 1 aliphatic rings. The molecule has 0 radical (unpaired) electrons. The zero-order chi connectivity index (χ0) is 13.1. The van der Waals surface area contributed by atoms with Crippen molar-refractivity contribution in [2.45, 2.75) is 0 Å². The number of nitrogens with two attached hydrogens (primary N) is 1. The summed E-state index contributed by atoms with van der Waals surface area (Å²) < 4.78 is 0.878. The summed E-state index contributed by atoms with van der Waals surface area (Å²) in [5, 5.41) is 7.87. The molecule has 2 rings (SSSR count). The van der Waals surface area contributed by atoms with Gasteiger partial charge in [0, 0.05) is 4.47 Å². The molecule has 1 fully saturated rings. The van der Waals surface area contributed by atoms with Crippen LogP contribution < -0.4 is 16.5 Å². The minimum atomic E-state index is -0.643. The van der Waals surface area contributed by atoms with E-state index in [1.807, 2.05) is 24.3 Å². The second-order valence-corrected chi connectivity index (χ2v) is 4.41. The van der Waals surface area contributed by atoms with Gasteiger partial charge in [-0.25, -0.2) is 4.79 Å². The first-order chi connectivity index (χ1) is 8.60. The van der Waals surface area contributed by atoms with E-state index in [4.69, 9.17) is 5.84 Å². The number of rotatable bonds is 1. The van der Waals surface area contributed by atoms with Crippen LogP contribution in [0.25, 0.3) is 6.08 Å². The smallest absolute Gasteiger partial charge is 0.321 e. The minimum absolute atomic E-state index is 0.0451. The molecule has 0 unspecified atom stereocenters. The highest BCUT2D eigenvalue weighted by Crippen LogP contribution is 2.15. The van der Waals surface area contributed by atoms with Crippen molar-refractivity contribution in [2.24, 2.45) is 10.9 Å². The van der Waals surface area contributed by atoms with Gasteiger partial charge >= 0.3 is 6.03 Å². The summed E-state index contributed by atoms with van der Waals surface area (Å²) in [6.45, 7) is 0. The first-order valence-corrected chi connectivity index (χ1v) is 5.77. The van der Waals surface area contributed by atoms with Crippen molar-refractivity contribution < 1.29 is 9.59 Å². The highest BCUT2D eigenvalue weighted by atomic mass is 79.9. The SMILES string of the molecule is NN=C1NC(=O)NC(=O)C1=Cc1cccc(Br)c1. The van der Waals surface area contributed by atoms with Crippen LogP contribution in [0.4, 0.5) is 4.79 Å². The molecule has 0 bridgehead atoms. The summed E-state index contributed by atoms with van der Waals surface area (Å²) in [7, 11) is 0. The number of urea groups is 1. The Bertz CT molecular complexity index is 580. The molecule has 0 aromatic heterocycles. The van der Waals surface area contributed by atoms with Gasteiger partial charge in [-0.05, 0) is 23.8 Å². The molecule has 4 N–H and O–H groups in total. The number of amides is 3. The number of halogens is 1. The maximum absolute atomic E-state index is 11.7. The molecule has 0 atom stereocenters. The third-order valence-corrected chi connectivity index (χ3v) is 2.74. The van der Waals surface area contributed by atoms with Gasteiger partial charge in [0.05, 0.1) is 5.57 Å². The lowest BCUT2D eigenvalue weighted by atomic mass is 10.1. The van der Waals surface area contributed by atoms with Crippen molar-refractivity contribution in [3.8, 4) is 0 Å². The highest BCUT2D eigenvalue weighted by molar-refractivity contribution is 9.10. The lowest BCUT2D eigenvalue weighted by molar-refractivity contribution is -0.116. The number of hydrogen-bond donors (Lipinski definition) is 3. The molecule has 1 aliphatic heterocycles. The maximum Gasteiger partial charge on any atom is 0.327 e. The predicted octanol–water partition coefficient (Wildman–Crippen LogP) is 0.944. The summed E-state index contributed by atoms with van der Waals surface area (Å²) in [6.07, 6.45) is 1.59. The monoisotopic (exact) mass is 308 g/mol. The summed E-state index contributed by atoms with van der Waals surface area (Å²) in [5.41, 5.74) is 0.988. The fourth-order valence-corrected chi connectivity index (χ4v) is 1.90. The molecule has 1 aromatic rings. The van der Waals surface area contributed by atoms with Gasteiger partial charge in [-0.15, -0.1) is 0 Å². The van der Waals surface area contributed by atoms with Crippen molar-refractivity contribution in [3.63, 3.8) is 0 Å². The first kappa shape index (κ1) is 12.3. The van der Waals surface area contributed by atoms with Gasteiger partial charge in [-0.1, -0.05) is 28.1 Å². The van der Waals surface area contributed by atoms with Crippen LogP contribution in [0.15, 0.2) is 39.4 Å². The molecule has 0 aliphatic carbocycles. The lowest BCUT2D eigenvalue weighted by Crippen LogP contribution is -2.51. The van der Waals surface area contributed by atoms with Gasteiger partial charge in [0.15, 0.2) is 5.84 Å². The van der Waals surface area contributed by atoms with Crippen molar-refractivity contribution >= 4 is 39.8 Å². The standard InChI is InChI=1S/C11H9BrN4O2/c12-7-3-1-2-6(4-7)5-8-9(16-13)14-11(18)15-10(8)17/h1-5H,13H2,(H2,14,15,16,17,18). The molecule has 0 saturated carbocycles. The maximum atomic E-state index is 11.7. The van der Waals surface area contributed by atoms with E-state index in [9.17, 15) is 9.59 Å². The molecular formula is C11H9BrN4O2. The fraction of sp³-hybridized carbons (Fsp3) is 0. The Morgan fingerprint density at radius 1 is 1.28 bits per heavy atom. The predicted molar refractivity (Wildman–Crippen MR) is 70.4 cm³/mol. The largest absolute Gasteiger partial charge is 0.327 e. The highest BCUT2D eigenvalue weighted by Gasteiger charge is 2.25.